The van der Waals surface area contributed by atoms with E-state index in [9.17, 15) is 14.4 Å². The minimum atomic E-state index is -0.474. The number of carbonyl (C=O) groups is 3. The van der Waals surface area contributed by atoms with Crippen LogP contribution in [0.25, 0.3) is 11.4 Å². The average molecular weight is 547 g/mol. The molecule has 0 fully saturated rings. The van der Waals surface area contributed by atoms with Gasteiger partial charge in [0.1, 0.15) is 12.3 Å². The van der Waals surface area contributed by atoms with Crippen LogP contribution in [0.4, 0.5) is 11.4 Å². The number of nitrogens with zero attached hydrogens (tertiary/aromatic N) is 4. The summed E-state index contributed by atoms with van der Waals surface area (Å²) in [5.74, 6) is 0.0252. The van der Waals surface area contributed by atoms with E-state index in [0.29, 0.717) is 33.7 Å². The van der Waals surface area contributed by atoms with E-state index in [1.165, 1.54) is 4.68 Å². The Morgan fingerprint density at radius 3 is 2.41 bits per heavy atom. The summed E-state index contributed by atoms with van der Waals surface area (Å²) in [7, 11) is 1.57. The van der Waals surface area contributed by atoms with Crippen LogP contribution in [0.5, 0.6) is 5.75 Å². The van der Waals surface area contributed by atoms with Crippen molar-refractivity contribution in [2.75, 3.05) is 30.1 Å². The quantitative estimate of drug-likeness (QED) is 0.212. The van der Waals surface area contributed by atoms with Crippen molar-refractivity contribution in [2.45, 2.75) is 18.6 Å². The van der Waals surface area contributed by atoms with Crippen molar-refractivity contribution in [3.05, 3.63) is 78.6 Å². The van der Waals surface area contributed by atoms with Crippen LogP contribution in [-0.4, -0.2) is 57.0 Å². The highest BCUT2D eigenvalue weighted by Crippen LogP contribution is 2.23. The molecule has 0 atom stereocenters. The lowest BCUT2D eigenvalue weighted by molar-refractivity contribution is -0.117. The number of hydrogen-bond acceptors (Lipinski definition) is 9. The normalized spacial score (nSPS) is 10.5. The predicted molar refractivity (Wildman–Crippen MR) is 147 cm³/mol. The summed E-state index contributed by atoms with van der Waals surface area (Å²) in [6.07, 6.45) is 3.24. The highest BCUT2D eigenvalue weighted by molar-refractivity contribution is 7.99. The zero-order chi connectivity index (χ0) is 27.6. The van der Waals surface area contributed by atoms with E-state index >= 15 is 0 Å². The number of nitrogens with one attached hydrogen (secondary N) is 2. The number of ether oxygens (including phenoxy) is 2. The molecule has 39 heavy (non-hydrogen) atoms. The first-order valence-electron chi connectivity index (χ1n) is 11.9. The first-order chi connectivity index (χ1) is 18.9. The molecule has 0 aliphatic heterocycles. The molecule has 0 radical (unpaired) electrons. The van der Waals surface area contributed by atoms with Crippen LogP contribution in [0, 0.1) is 0 Å². The summed E-state index contributed by atoms with van der Waals surface area (Å²) in [5.41, 5.74) is 2.11. The number of carbonyl (C=O) groups excluding carboxylic acids is 3. The highest BCUT2D eigenvalue weighted by atomic mass is 32.2. The summed E-state index contributed by atoms with van der Waals surface area (Å²) in [5, 5.41) is 10.5. The van der Waals surface area contributed by atoms with Crippen molar-refractivity contribution in [2.24, 2.45) is 0 Å². The van der Waals surface area contributed by atoms with Crippen LogP contribution in [0.1, 0.15) is 17.3 Å². The van der Waals surface area contributed by atoms with Gasteiger partial charge >= 0.3 is 5.97 Å². The largest absolute Gasteiger partial charge is 0.497 e. The standard InChI is InChI=1S/C27H26N6O5S/c1-3-38-26(36)19-5-4-6-21(15-19)30-23(34)16-33-27(31-25(32-33)18-11-13-28-14-12-18)39-17-24(35)29-20-7-9-22(37-2)10-8-20/h4-15H,3,16-17H2,1-2H3,(H,29,35)(H,30,34). The second-order valence-electron chi connectivity index (χ2n) is 8.03. The van der Waals surface area contributed by atoms with Gasteiger partial charge in [0, 0.05) is 29.3 Å². The number of amides is 2. The molecule has 2 aromatic carbocycles. The van der Waals surface area contributed by atoms with E-state index in [1.54, 1.807) is 87.1 Å². The SMILES string of the molecule is CCOC(=O)c1cccc(NC(=O)Cn2nc(-c3ccncc3)nc2SCC(=O)Nc2ccc(OC)cc2)c1. The van der Waals surface area contributed by atoms with Crippen LogP contribution in [-0.2, 0) is 20.9 Å². The average Bonchev–Trinajstić information content (AvgIpc) is 3.35. The number of thioether (sulfide) groups is 1. The smallest absolute Gasteiger partial charge is 0.338 e. The van der Waals surface area contributed by atoms with E-state index in [0.717, 1.165) is 17.3 Å². The van der Waals surface area contributed by atoms with Crippen molar-refractivity contribution in [3.63, 3.8) is 0 Å². The molecule has 200 valence electrons. The lowest BCUT2D eigenvalue weighted by Crippen LogP contribution is -2.21. The topological polar surface area (TPSA) is 137 Å². The van der Waals surface area contributed by atoms with Crippen molar-refractivity contribution >= 4 is 40.9 Å². The monoisotopic (exact) mass is 546 g/mol. The number of rotatable bonds is 11. The van der Waals surface area contributed by atoms with Crippen LogP contribution >= 0.6 is 11.8 Å². The molecule has 0 saturated heterocycles. The van der Waals surface area contributed by atoms with Gasteiger partial charge in [0.2, 0.25) is 11.8 Å². The molecule has 2 N–H and O–H groups in total. The second-order valence-corrected chi connectivity index (χ2v) is 8.97. The maximum absolute atomic E-state index is 12.9. The van der Waals surface area contributed by atoms with Gasteiger partial charge in [-0.25, -0.2) is 14.5 Å². The Labute approximate surface area is 229 Å². The molecule has 0 unspecified atom stereocenters. The number of pyridine rings is 1. The molecule has 0 saturated carbocycles. The third-order valence-electron chi connectivity index (χ3n) is 5.23. The number of benzene rings is 2. The summed E-state index contributed by atoms with van der Waals surface area (Å²) in [6.45, 7) is 1.81. The second kappa shape index (κ2) is 13.2. The highest BCUT2D eigenvalue weighted by Gasteiger charge is 2.17. The summed E-state index contributed by atoms with van der Waals surface area (Å²) in [4.78, 5) is 46.1. The van der Waals surface area contributed by atoms with Crippen molar-refractivity contribution in [1.29, 1.82) is 0 Å². The van der Waals surface area contributed by atoms with E-state index in [4.69, 9.17) is 9.47 Å². The van der Waals surface area contributed by atoms with Crippen molar-refractivity contribution in [3.8, 4) is 17.1 Å². The Kier molecular flexibility index (Phi) is 9.25. The fourth-order valence-electron chi connectivity index (χ4n) is 3.44. The van der Waals surface area contributed by atoms with Gasteiger partial charge in [-0.05, 0) is 61.5 Å². The maximum atomic E-state index is 12.9. The Morgan fingerprint density at radius 1 is 0.949 bits per heavy atom. The van der Waals surface area contributed by atoms with Crippen molar-refractivity contribution < 1.29 is 23.9 Å². The van der Waals surface area contributed by atoms with Gasteiger partial charge in [-0.3, -0.25) is 14.6 Å². The third-order valence-corrected chi connectivity index (χ3v) is 6.20. The van der Waals surface area contributed by atoms with Gasteiger partial charge in [0.05, 0.1) is 25.0 Å². The summed E-state index contributed by atoms with van der Waals surface area (Å²) >= 11 is 1.15. The Bertz CT molecular complexity index is 1440. The van der Waals surface area contributed by atoms with Gasteiger partial charge < -0.3 is 20.1 Å². The molecule has 4 rings (SSSR count). The fraction of sp³-hybridized carbons (Fsp3) is 0.185. The molecule has 0 aliphatic carbocycles. The van der Waals surface area contributed by atoms with Gasteiger partial charge in [0.25, 0.3) is 0 Å². The Morgan fingerprint density at radius 2 is 1.69 bits per heavy atom. The van der Waals surface area contributed by atoms with Gasteiger partial charge in [-0.1, -0.05) is 17.8 Å². The molecule has 12 heteroatoms. The number of esters is 1. The van der Waals surface area contributed by atoms with Crippen LogP contribution in [0.15, 0.2) is 78.2 Å². The van der Waals surface area contributed by atoms with Crippen LogP contribution in [0.3, 0.4) is 0 Å². The molecule has 0 bridgehead atoms. The molecule has 2 heterocycles. The molecular weight excluding hydrogens is 520 g/mol. The Hall–Kier alpha value is -4.71. The van der Waals surface area contributed by atoms with E-state index in [2.05, 4.69) is 25.7 Å². The molecule has 0 aliphatic rings. The number of aromatic nitrogens is 4. The van der Waals surface area contributed by atoms with Gasteiger partial charge in [0.15, 0.2) is 11.0 Å². The molecule has 11 nitrogen and oxygen atoms in total. The molecule has 0 spiro atoms. The first-order valence-corrected chi connectivity index (χ1v) is 12.9. The fourth-order valence-corrected chi connectivity index (χ4v) is 4.18. The lowest BCUT2D eigenvalue weighted by Gasteiger charge is -2.09. The van der Waals surface area contributed by atoms with Crippen LogP contribution in [0.2, 0.25) is 0 Å². The molecular formula is C27H26N6O5S. The zero-order valence-electron chi connectivity index (χ0n) is 21.3. The van der Waals surface area contributed by atoms with E-state index < -0.39 is 5.97 Å². The Balaban J connectivity index is 1.46. The van der Waals surface area contributed by atoms with E-state index in [1.807, 2.05) is 0 Å². The van der Waals surface area contributed by atoms with Crippen molar-refractivity contribution in [1.82, 2.24) is 19.7 Å². The summed E-state index contributed by atoms with van der Waals surface area (Å²) < 4.78 is 11.6. The molecule has 2 aromatic heterocycles. The number of methoxy groups -OCH3 is 1. The zero-order valence-corrected chi connectivity index (χ0v) is 22.1. The maximum Gasteiger partial charge on any atom is 0.338 e. The number of hydrogen-bond donors (Lipinski definition) is 2. The predicted octanol–water partition coefficient (Wildman–Crippen LogP) is 3.89. The van der Waals surface area contributed by atoms with E-state index in [-0.39, 0.29) is 30.7 Å². The first kappa shape index (κ1) is 27.3. The van der Waals surface area contributed by atoms with Gasteiger partial charge in [-0.2, -0.15) is 0 Å². The summed E-state index contributed by atoms with van der Waals surface area (Å²) in [6, 6.07) is 17.0. The molecule has 2 amide bonds. The molecule has 4 aromatic rings. The van der Waals surface area contributed by atoms with Gasteiger partial charge in [-0.15, -0.1) is 5.10 Å². The third kappa shape index (κ3) is 7.65. The minimum absolute atomic E-state index is 0.0453. The minimum Gasteiger partial charge on any atom is -0.497 e. The van der Waals surface area contributed by atoms with Crippen LogP contribution < -0.4 is 15.4 Å². The number of anilines is 2. The lowest BCUT2D eigenvalue weighted by atomic mass is 10.2.